The van der Waals surface area contributed by atoms with Gasteiger partial charge in [0, 0.05) is 25.2 Å². The van der Waals surface area contributed by atoms with Crippen LogP contribution < -0.4 is 0 Å². The van der Waals surface area contributed by atoms with E-state index in [-0.39, 0.29) is 0 Å². The number of hydrogen-bond acceptors (Lipinski definition) is 2. The first-order valence-corrected chi connectivity index (χ1v) is 8.12. The highest BCUT2D eigenvalue weighted by Gasteiger charge is 2.44. The Morgan fingerprint density at radius 3 is 1.74 bits per heavy atom. The zero-order valence-corrected chi connectivity index (χ0v) is 14.0. The summed E-state index contributed by atoms with van der Waals surface area (Å²) in [5, 5.41) is 0. The second-order valence-corrected chi connectivity index (χ2v) is 9.16. The molecule has 0 saturated carbocycles. The minimum Gasteiger partial charge on any atom is -0.300 e. The summed E-state index contributed by atoms with van der Waals surface area (Å²) in [6, 6.07) is 1.72. The van der Waals surface area contributed by atoms with Crippen LogP contribution in [0.4, 0.5) is 0 Å². The lowest BCUT2D eigenvalue weighted by Crippen LogP contribution is -2.68. The summed E-state index contributed by atoms with van der Waals surface area (Å²) < 4.78 is 0. The van der Waals surface area contributed by atoms with Crippen LogP contribution in [0.5, 0.6) is 0 Å². The van der Waals surface area contributed by atoms with Crippen molar-refractivity contribution in [2.75, 3.05) is 26.2 Å². The lowest BCUT2D eigenvalue weighted by Gasteiger charge is -2.57. The van der Waals surface area contributed by atoms with E-state index in [2.05, 4.69) is 51.3 Å². The predicted octanol–water partition coefficient (Wildman–Crippen LogP) is 3.62. The second-order valence-electron chi connectivity index (χ2n) is 9.16. The molecule has 0 aromatic rings. The molecule has 3 fully saturated rings. The van der Waals surface area contributed by atoms with Crippen LogP contribution in [-0.2, 0) is 0 Å². The molecule has 3 aliphatic heterocycles. The molecule has 3 heterocycles. The molecule has 0 N–H and O–H groups in total. The monoisotopic (exact) mass is 266 g/mol. The van der Waals surface area contributed by atoms with Gasteiger partial charge in [-0.05, 0) is 43.2 Å². The molecule has 3 rings (SSSR count). The third-order valence-corrected chi connectivity index (χ3v) is 4.72. The number of nitrogens with zero attached hydrogens (tertiary/aromatic N) is 2. The maximum Gasteiger partial charge on any atom is 0.0242 e. The normalized spacial score (nSPS) is 29.4. The van der Waals surface area contributed by atoms with Crippen molar-refractivity contribution < 1.29 is 0 Å². The molecular weight excluding hydrogens is 232 g/mol. The Kier molecular flexibility index (Phi) is 4.32. The van der Waals surface area contributed by atoms with Crippen LogP contribution in [0.2, 0.25) is 0 Å². The van der Waals surface area contributed by atoms with Gasteiger partial charge in [-0.1, -0.05) is 41.5 Å². The van der Waals surface area contributed by atoms with Crippen molar-refractivity contribution in [2.24, 2.45) is 10.8 Å². The SMILES string of the molecule is CC(C)(C)CCN1CC2CC(C1)N2CCC(C)(C)C. The van der Waals surface area contributed by atoms with Crippen molar-refractivity contribution in [1.82, 2.24) is 9.80 Å². The van der Waals surface area contributed by atoms with E-state index in [1.807, 2.05) is 0 Å². The van der Waals surface area contributed by atoms with Gasteiger partial charge in [0.25, 0.3) is 0 Å². The van der Waals surface area contributed by atoms with Crippen LogP contribution in [-0.4, -0.2) is 48.1 Å². The predicted molar refractivity (Wildman–Crippen MR) is 83.5 cm³/mol. The molecule has 112 valence electrons. The molecule has 0 aromatic carbocycles. The summed E-state index contributed by atoms with van der Waals surface area (Å²) in [6.07, 6.45) is 4.12. The first-order chi connectivity index (χ1) is 8.64. The lowest BCUT2D eigenvalue weighted by molar-refractivity contribution is -0.0746. The van der Waals surface area contributed by atoms with E-state index in [9.17, 15) is 0 Å². The Labute approximate surface area is 120 Å². The van der Waals surface area contributed by atoms with Crippen molar-refractivity contribution in [1.29, 1.82) is 0 Å². The molecule has 3 aliphatic rings. The number of piperazine rings is 1. The van der Waals surface area contributed by atoms with E-state index in [0.717, 1.165) is 12.1 Å². The first-order valence-electron chi connectivity index (χ1n) is 8.12. The van der Waals surface area contributed by atoms with Gasteiger partial charge in [-0.3, -0.25) is 4.90 Å². The van der Waals surface area contributed by atoms with Gasteiger partial charge < -0.3 is 4.90 Å². The molecule has 3 saturated heterocycles. The average Bonchev–Trinajstić information content (AvgIpc) is 2.24. The van der Waals surface area contributed by atoms with Crippen LogP contribution in [0.1, 0.15) is 60.8 Å². The Bertz CT molecular complexity index is 285. The minimum atomic E-state index is 0.480. The summed E-state index contributed by atoms with van der Waals surface area (Å²) in [5.41, 5.74) is 0.962. The van der Waals surface area contributed by atoms with Gasteiger partial charge in [0.1, 0.15) is 0 Å². The summed E-state index contributed by atoms with van der Waals surface area (Å²) in [4.78, 5) is 5.48. The van der Waals surface area contributed by atoms with Gasteiger partial charge in [0.05, 0.1) is 0 Å². The Morgan fingerprint density at radius 1 is 0.789 bits per heavy atom. The molecule has 2 bridgehead atoms. The maximum absolute atomic E-state index is 2.78. The molecular formula is C17H34N2. The van der Waals surface area contributed by atoms with Crippen molar-refractivity contribution in [2.45, 2.75) is 72.9 Å². The van der Waals surface area contributed by atoms with Crippen LogP contribution in [0.25, 0.3) is 0 Å². The van der Waals surface area contributed by atoms with Crippen molar-refractivity contribution in [3.8, 4) is 0 Å². The van der Waals surface area contributed by atoms with E-state index in [0.29, 0.717) is 10.8 Å². The highest BCUT2D eigenvalue weighted by Crippen LogP contribution is 2.34. The van der Waals surface area contributed by atoms with Crippen LogP contribution in [0.3, 0.4) is 0 Å². The Morgan fingerprint density at radius 2 is 1.26 bits per heavy atom. The quantitative estimate of drug-likeness (QED) is 0.767. The van der Waals surface area contributed by atoms with Crippen LogP contribution in [0, 0.1) is 10.8 Å². The third kappa shape index (κ3) is 4.46. The van der Waals surface area contributed by atoms with E-state index in [1.165, 1.54) is 45.4 Å². The van der Waals surface area contributed by atoms with Crippen molar-refractivity contribution in [3.63, 3.8) is 0 Å². The van der Waals surface area contributed by atoms with Gasteiger partial charge in [0.15, 0.2) is 0 Å². The standard InChI is InChI=1S/C17H34N2/c1-16(2,3)7-9-18-12-14-11-15(13-18)19(14)10-8-17(4,5)6/h14-15H,7-13H2,1-6H3. The highest BCUT2D eigenvalue weighted by atomic mass is 15.4. The first kappa shape index (κ1) is 15.3. The largest absolute Gasteiger partial charge is 0.300 e. The highest BCUT2D eigenvalue weighted by molar-refractivity contribution is 5.00. The Balaban J connectivity index is 1.72. The summed E-state index contributed by atoms with van der Waals surface area (Å²) >= 11 is 0. The number of hydrogen-bond donors (Lipinski definition) is 0. The zero-order chi connectivity index (χ0) is 14.3. The van der Waals surface area contributed by atoms with Gasteiger partial charge in [0.2, 0.25) is 0 Å². The van der Waals surface area contributed by atoms with Gasteiger partial charge in [-0.25, -0.2) is 0 Å². The zero-order valence-electron chi connectivity index (χ0n) is 14.0. The number of fused-ring (bicyclic) bond motifs is 2. The molecule has 2 atom stereocenters. The van der Waals surface area contributed by atoms with Gasteiger partial charge >= 0.3 is 0 Å². The lowest BCUT2D eigenvalue weighted by atomic mass is 9.84. The molecule has 0 amide bonds. The minimum absolute atomic E-state index is 0.480. The van der Waals surface area contributed by atoms with Gasteiger partial charge in [-0.2, -0.15) is 0 Å². The molecule has 0 aliphatic carbocycles. The van der Waals surface area contributed by atoms with E-state index < -0.39 is 0 Å². The van der Waals surface area contributed by atoms with Crippen LogP contribution in [0.15, 0.2) is 0 Å². The van der Waals surface area contributed by atoms with E-state index in [1.54, 1.807) is 0 Å². The molecule has 0 aromatic heterocycles. The smallest absolute Gasteiger partial charge is 0.0242 e. The van der Waals surface area contributed by atoms with Crippen molar-refractivity contribution >= 4 is 0 Å². The molecule has 0 radical (unpaired) electrons. The molecule has 2 unspecified atom stereocenters. The maximum atomic E-state index is 2.78. The van der Waals surface area contributed by atoms with E-state index in [4.69, 9.17) is 0 Å². The fourth-order valence-corrected chi connectivity index (χ4v) is 3.28. The topological polar surface area (TPSA) is 6.48 Å². The fraction of sp³-hybridized carbons (Fsp3) is 1.00. The molecule has 2 heteroatoms. The Hall–Kier alpha value is -0.0800. The molecule has 0 spiro atoms. The summed E-state index contributed by atoms with van der Waals surface area (Å²) in [6.45, 7) is 19.4. The average molecular weight is 266 g/mol. The van der Waals surface area contributed by atoms with Gasteiger partial charge in [-0.15, -0.1) is 0 Å². The number of piperidine rings is 1. The summed E-state index contributed by atoms with van der Waals surface area (Å²) in [7, 11) is 0. The number of rotatable bonds is 4. The van der Waals surface area contributed by atoms with E-state index >= 15 is 0 Å². The van der Waals surface area contributed by atoms with Crippen molar-refractivity contribution in [3.05, 3.63) is 0 Å². The molecule has 2 nitrogen and oxygen atoms in total. The molecule has 19 heavy (non-hydrogen) atoms. The third-order valence-electron chi connectivity index (χ3n) is 4.72. The summed E-state index contributed by atoms with van der Waals surface area (Å²) in [5.74, 6) is 0. The fourth-order valence-electron chi connectivity index (χ4n) is 3.28. The van der Waals surface area contributed by atoms with Crippen LogP contribution >= 0.6 is 0 Å². The second kappa shape index (κ2) is 5.37.